The Morgan fingerprint density at radius 2 is 2.00 bits per heavy atom. The van der Waals surface area contributed by atoms with Gasteiger partial charge in [0, 0.05) is 37.4 Å². The molecule has 0 amide bonds. The molecule has 28 heavy (non-hydrogen) atoms. The van der Waals surface area contributed by atoms with Crippen LogP contribution in [0, 0.1) is 0 Å². The number of ether oxygens (including phenoxy) is 1. The molecule has 3 rings (SSSR count). The predicted octanol–water partition coefficient (Wildman–Crippen LogP) is 3.78. The fourth-order valence-electron chi connectivity index (χ4n) is 2.66. The third-order valence-corrected chi connectivity index (χ3v) is 4.27. The number of nitrogens with zero attached hydrogens (tertiary/aromatic N) is 3. The SMILES string of the molecule is CN=C(NCCc1cn2ccccc2n1)NCC(C)Oc1ccc(Cl)cc1.I. The highest BCUT2D eigenvalue weighted by atomic mass is 127. The number of guanidine groups is 1. The smallest absolute Gasteiger partial charge is 0.191 e. The van der Waals surface area contributed by atoms with Gasteiger partial charge in [0.1, 0.15) is 17.5 Å². The molecule has 2 aromatic heterocycles. The Kier molecular flexibility index (Phi) is 8.85. The second kappa shape index (κ2) is 11.1. The average Bonchev–Trinajstić information content (AvgIpc) is 3.09. The third kappa shape index (κ3) is 6.56. The van der Waals surface area contributed by atoms with Gasteiger partial charge in [0.2, 0.25) is 0 Å². The number of aromatic nitrogens is 2. The highest BCUT2D eigenvalue weighted by Gasteiger charge is 2.06. The molecule has 0 aliphatic heterocycles. The quantitative estimate of drug-likeness (QED) is 0.287. The molecule has 0 radical (unpaired) electrons. The molecule has 0 bridgehead atoms. The predicted molar refractivity (Wildman–Crippen MR) is 125 cm³/mol. The van der Waals surface area contributed by atoms with Gasteiger partial charge in [0.05, 0.1) is 12.2 Å². The molecule has 0 saturated carbocycles. The van der Waals surface area contributed by atoms with Gasteiger partial charge in [-0.2, -0.15) is 0 Å². The van der Waals surface area contributed by atoms with E-state index in [1.54, 1.807) is 7.05 Å². The van der Waals surface area contributed by atoms with Gasteiger partial charge < -0.3 is 19.8 Å². The van der Waals surface area contributed by atoms with Crippen molar-refractivity contribution in [2.75, 3.05) is 20.1 Å². The first-order valence-corrected chi connectivity index (χ1v) is 9.31. The van der Waals surface area contributed by atoms with Crippen LogP contribution in [0.1, 0.15) is 12.6 Å². The molecule has 8 heteroatoms. The van der Waals surface area contributed by atoms with Crippen LogP contribution in [0.3, 0.4) is 0 Å². The fourth-order valence-corrected chi connectivity index (χ4v) is 2.79. The molecule has 1 unspecified atom stereocenters. The second-order valence-corrected chi connectivity index (χ2v) is 6.65. The first-order valence-electron chi connectivity index (χ1n) is 8.93. The molecule has 0 aliphatic rings. The average molecular weight is 514 g/mol. The standard InChI is InChI=1S/C20H24ClN5O.HI/c1-15(27-18-8-6-16(21)7-9-18)13-24-20(22-2)23-11-10-17-14-26-12-4-3-5-19(26)25-17;/h3-9,12,14-15H,10-11,13H2,1-2H3,(H2,22,23,24);1H. The summed E-state index contributed by atoms with van der Waals surface area (Å²) in [6, 6.07) is 13.3. The number of rotatable bonds is 7. The lowest BCUT2D eigenvalue weighted by atomic mass is 10.3. The lowest BCUT2D eigenvalue weighted by Gasteiger charge is -2.17. The molecule has 2 N–H and O–H groups in total. The number of benzene rings is 1. The molecular formula is C20H25ClIN5O. The number of imidazole rings is 1. The molecule has 150 valence electrons. The highest BCUT2D eigenvalue weighted by Crippen LogP contribution is 2.16. The summed E-state index contributed by atoms with van der Waals surface area (Å²) in [6.45, 7) is 3.39. The van der Waals surface area contributed by atoms with Gasteiger partial charge in [-0.25, -0.2) is 4.98 Å². The van der Waals surface area contributed by atoms with Crippen molar-refractivity contribution < 1.29 is 4.74 Å². The van der Waals surface area contributed by atoms with Crippen LogP contribution in [-0.4, -0.2) is 41.6 Å². The first-order chi connectivity index (χ1) is 13.1. The van der Waals surface area contributed by atoms with E-state index in [0.717, 1.165) is 36.0 Å². The maximum atomic E-state index is 5.89. The van der Waals surface area contributed by atoms with E-state index in [1.165, 1.54) is 0 Å². The molecule has 0 aliphatic carbocycles. The van der Waals surface area contributed by atoms with Gasteiger partial charge in [-0.15, -0.1) is 24.0 Å². The van der Waals surface area contributed by atoms with Crippen LogP contribution in [0.4, 0.5) is 0 Å². The van der Waals surface area contributed by atoms with Gasteiger partial charge >= 0.3 is 0 Å². The van der Waals surface area contributed by atoms with Crippen LogP contribution in [0.5, 0.6) is 5.75 Å². The number of hydrogen-bond donors (Lipinski definition) is 2. The summed E-state index contributed by atoms with van der Waals surface area (Å²) in [5.74, 6) is 1.54. The zero-order chi connectivity index (χ0) is 19.1. The lowest BCUT2D eigenvalue weighted by Crippen LogP contribution is -2.42. The Morgan fingerprint density at radius 1 is 1.21 bits per heavy atom. The molecule has 3 aromatic rings. The molecular weight excluding hydrogens is 489 g/mol. The maximum Gasteiger partial charge on any atom is 0.191 e. The van der Waals surface area contributed by atoms with Crippen molar-refractivity contribution in [1.29, 1.82) is 0 Å². The van der Waals surface area contributed by atoms with Crippen molar-refractivity contribution in [3.8, 4) is 5.75 Å². The summed E-state index contributed by atoms with van der Waals surface area (Å²) in [4.78, 5) is 8.84. The minimum atomic E-state index is -0.0110. The van der Waals surface area contributed by atoms with E-state index in [4.69, 9.17) is 16.3 Å². The Morgan fingerprint density at radius 3 is 2.71 bits per heavy atom. The van der Waals surface area contributed by atoms with Crippen LogP contribution in [-0.2, 0) is 6.42 Å². The third-order valence-electron chi connectivity index (χ3n) is 4.02. The maximum absolute atomic E-state index is 5.89. The number of nitrogens with one attached hydrogen (secondary N) is 2. The van der Waals surface area contributed by atoms with Gasteiger partial charge in [-0.05, 0) is 43.3 Å². The zero-order valence-corrected chi connectivity index (χ0v) is 19.0. The summed E-state index contributed by atoms with van der Waals surface area (Å²) < 4.78 is 7.88. The Bertz CT molecular complexity index is 864. The summed E-state index contributed by atoms with van der Waals surface area (Å²) in [5, 5.41) is 7.28. The van der Waals surface area contributed by atoms with Crippen LogP contribution in [0.15, 0.2) is 59.9 Å². The van der Waals surface area contributed by atoms with Crippen LogP contribution in [0.25, 0.3) is 5.65 Å². The van der Waals surface area contributed by atoms with E-state index in [-0.39, 0.29) is 30.1 Å². The summed E-state index contributed by atoms with van der Waals surface area (Å²) in [5.41, 5.74) is 2.01. The second-order valence-electron chi connectivity index (χ2n) is 6.21. The largest absolute Gasteiger partial charge is 0.489 e. The molecule has 0 spiro atoms. The molecule has 0 saturated heterocycles. The van der Waals surface area contributed by atoms with E-state index in [1.807, 2.05) is 60.0 Å². The summed E-state index contributed by atoms with van der Waals surface area (Å²) in [6.07, 6.45) is 4.86. The van der Waals surface area contributed by atoms with Crippen molar-refractivity contribution >= 4 is 47.2 Å². The minimum absolute atomic E-state index is 0. The number of halogens is 2. The monoisotopic (exact) mass is 513 g/mol. The van der Waals surface area contributed by atoms with E-state index in [9.17, 15) is 0 Å². The van der Waals surface area contributed by atoms with Gasteiger partial charge in [-0.1, -0.05) is 17.7 Å². The Balaban J connectivity index is 0.00000280. The lowest BCUT2D eigenvalue weighted by molar-refractivity contribution is 0.224. The number of fused-ring (bicyclic) bond motifs is 1. The van der Waals surface area contributed by atoms with Gasteiger partial charge in [0.25, 0.3) is 0 Å². The van der Waals surface area contributed by atoms with Gasteiger partial charge in [0.15, 0.2) is 5.96 Å². The first kappa shape index (κ1) is 22.3. The van der Waals surface area contributed by atoms with E-state index < -0.39 is 0 Å². The molecule has 2 heterocycles. The Labute approximate surface area is 187 Å². The van der Waals surface area contributed by atoms with Crippen LogP contribution >= 0.6 is 35.6 Å². The van der Waals surface area contributed by atoms with Crippen molar-refractivity contribution in [2.45, 2.75) is 19.4 Å². The highest BCUT2D eigenvalue weighted by molar-refractivity contribution is 14.0. The molecule has 1 aromatic carbocycles. The van der Waals surface area contributed by atoms with Crippen molar-refractivity contribution in [3.63, 3.8) is 0 Å². The fraction of sp³-hybridized carbons (Fsp3) is 0.300. The van der Waals surface area contributed by atoms with Crippen molar-refractivity contribution in [2.24, 2.45) is 4.99 Å². The van der Waals surface area contributed by atoms with E-state index >= 15 is 0 Å². The van der Waals surface area contributed by atoms with E-state index in [2.05, 4.69) is 26.8 Å². The molecule has 0 fully saturated rings. The van der Waals surface area contributed by atoms with Crippen molar-refractivity contribution in [3.05, 3.63) is 65.6 Å². The normalized spacial score (nSPS) is 12.3. The number of aliphatic imine (C=N–C) groups is 1. The van der Waals surface area contributed by atoms with Crippen molar-refractivity contribution in [1.82, 2.24) is 20.0 Å². The molecule has 6 nitrogen and oxygen atoms in total. The minimum Gasteiger partial charge on any atom is -0.489 e. The Hall–Kier alpha value is -2.00. The van der Waals surface area contributed by atoms with E-state index in [0.29, 0.717) is 11.6 Å². The molecule has 1 atom stereocenters. The topological polar surface area (TPSA) is 63.0 Å². The van der Waals surface area contributed by atoms with Gasteiger partial charge in [-0.3, -0.25) is 4.99 Å². The van der Waals surface area contributed by atoms with Crippen LogP contribution < -0.4 is 15.4 Å². The summed E-state index contributed by atoms with van der Waals surface area (Å²) in [7, 11) is 1.75. The summed E-state index contributed by atoms with van der Waals surface area (Å²) >= 11 is 5.89. The van der Waals surface area contributed by atoms with Crippen LogP contribution in [0.2, 0.25) is 5.02 Å². The zero-order valence-electron chi connectivity index (χ0n) is 15.9. The number of hydrogen-bond acceptors (Lipinski definition) is 3. The number of pyridine rings is 1.